The van der Waals surface area contributed by atoms with Gasteiger partial charge in [0.2, 0.25) is 5.91 Å². The maximum Gasteiger partial charge on any atom is 0.234 e. The largest absolute Gasteiger partial charge is 0.350 e. The predicted molar refractivity (Wildman–Crippen MR) is 77.2 cm³/mol. The second kappa shape index (κ2) is 6.39. The molecule has 0 radical (unpaired) electrons. The van der Waals surface area contributed by atoms with Crippen LogP contribution in [-0.4, -0.2) is 27.8 Å². The lowest BCUT2D eigenvalue weighted by atomic mass is 10.1. The van der Waals surface area contributed by atoms with Crippen molar-refractivity contribution >= 4 is 17.5 Å². The molecule has 1 rings (SSSR count). The number of amides is 1. The van der Waals surface area contributed by atoms with Gasteiger partial charge in [0.25, 0.3) is 0 Å². The van der Waals surface area contributed by atoms with Crippen molar-refractivity contribution < 1.29 is 4.79 Å². The number of nitrogens with zero attached hydrogens (tertiary/aromatic N) is 2. The Balaban J connectivity index is 2.50. The number of aromatic nitrogens is 2. The zero-order chi connectivity index (χ0) is 14.6. The Morgan fingerprint density at radius 2 is 2.05 bits per heavy atom. The van der Waals surface area contributed by atoms with Crippen molar-refractivity contribution in [3.05, 3.63) is 16.4 Å². The Hall–Kier alpha value is -1.07. The average molecular weight is 287 g/mol. The van der Waals surface area contributed by atoms with Crippen LogP contribution >= 0.6 is 11.6 Å². The Bertz CT molecular complexity index is 448. The van der Waals surface area contributed by atoms with Crippen molar-refractivity contribution in [1.82, 2.24) is 20.4 Å². The minimum absolute atomic E-state index is 0.0264. The molecule has 1 aromatic heterocycles. The first-order chi connectivity index (χ1) is 8.74. The Morgan fingerprint density at radius 1 is 1.42 bits per heavy atom. The molecule has 19 heavy (non-hydrogen) atoms. The standard InChI is InChI=1S/C13H23ClN4O/c1-6-9-12(14)10(18(5)17-9)7-15-8-11(19)16-13(2,3)4/h15H,6-8H2,1-5H3,(H,16,19). The second-order valence-electron chi connectivity index (χ2n) is 5.59. The van der Waals surface area contributed by atoms with Gasteiger partial charge in [0.05, 0.1) is 23.0 Å². The summed E-state index contributed by atoms with van der Waals surface area (Å²) in [5.41, 5.74) is 1.58. The number of carbonyl (C=O) groups excluding carboxylic acids is 1. The molecule has 0 fully saturated rings. The molecule has 1 heterocycles. The van der Waals surface area contributed by atoms with Crippen LogP contribution in [0.1, 0.15) is 39.1 Å². The van der Waals surface area contributed by atoms with Gasteiger partial charge in [-0.05, 0) is 27.2 Å². The van der Waals surface area contributed by atoms with Crippen LogP contribution in [0.3, 0.4) is 0 Å². The second-order valence-corrected chi connectivity index (χ2v) is 5.96. The number of halogens is 1. The van der Waals surface area contributed by atoms with E-state index in [9.17, 15) is 4.79 Å². The van der Waals surface area contributed by atoms with Crippen LogP contribution in [0.5, 0.6) is 0 Å². The highest BCUT2D eigenvalue weighted by Gasteiger charge is 2.15. The van der Waals surface area contributed by atoms with Crippen molar-refractivity contribution in [2.75, 3.05) is 6.54 Å². The van der Waals surface area contributed by atoms with Crippen LogP contribution in [0.15, 0.2) is 0 Å². The quantitative estimate of drug-likeness (QED) is 0.865. The van der Waals surface area contributed by atoms with Gasteiger partial charge in [-0.15, -0.1) is 0 Å². The van der Waals surface area contributed by atoms with E-state index >= 15 is 0 Å². The summed E-state index contributed by atoms with van der Waals surface area (Å²) in [7, 11) is 1.86. The van der Waals surface area contributed by atoms with Gasteiger partial charge in [0.1, 0.15) is 0 Å². The number of rotatable bonds is 5. The molecule has 6 heteroatoms. The minimum atomic E-state index is -0.210. The van der Waals surface area contributed by atoms with Crippen LogP contribution in [0, 0.1) is 0 Å². The molecule has 0 aliphatic heterocycles. The summed E-state index contributed by atoms with van der Waals surface area (Å²) in [6.45, 7) is 8.67. The zero-order valence-corrected chi connectivity index (χ0v) is 13.1. The van der Waals surface area contributed by atoms with Crippen molar-refractivity contribution in [1.29, 1.82) is 0 Å². The maximum atomic E-state index is 11.7. The first kappa shape index (κ1) is 16.0. The molecule has 0 aromatic carbocycles. The molecule has 0 saturated carbocycles. The van der Waals surface area contributed by atoms with E-state index in [1.807, 2.05) is 34.7 Å². The fourth-order valence-corrected chi connectivity index (χ4v) is 2.13. The van der Waals surface area contributed by atoms with E-state index in [2.05, 4.69) is 15.7 Å². The monoisotopic (exact) mass is 286 g/mol. The Morgan fingerprint density at radius 3 is 2.53 bits per heavy atom. The molecule has 2 N–H and O–H groups in total. The van der Waals surface area contributed by atoms with Gasteiger partial charge in [-0.3, -0.25) is 9.48 Å². The third-order valence-corrected chi connectivity index (χ3v) is 3.03. The van der Waals surface area contributed by atoms with Crippen LogP contribution in [-0.2, 0) is 24.8 Å². The lowest BCUT2D eigenvalue weighted by Gasteiger charge is -2.20. The number of nitrogens with one attached hydrogen (secondary N) is 2. The van der Waals surface area contributed by atoms with Crippen molar-refractivity contribution in [2.24, 2.45) is 7.05 Å². The number of aryl methyl sites for hydroxylation is 2. The van der Waals surface area contributed by atoms with Gasteiger partial charge in [-0.1, -0.05) is 18.5 Å². The molecular formula is C13H23ClN4O. The SMILES string of the molecule is CCc1nn(C)c(CNCC(=O)NC(C)(C)C)c1Cl. The zero-order valence-electron chi connectivity index (χ0n) is 12.3. The summed E-state index contributed by atoms with van der Waals surface area (Å²) in [4.78, 5) is 11.7. The summed E-state index contributed by atoms with van der Waals surface area (Å²) >= 11 is 6.23. The van der Waals surface area contributed by atoms with E-state index in [1.165, 1.54) is 0 Å². The summed E-state index contributed by atoms with van der Waals surface area (Å²) < 4.78 is 1.76. The molecule has 0 unspecified atom stereocenters. The molecule has 5 nitrogen and oxygen atoms in total. The van der Waals surface area contributed by atoms with Crippen molar-refractivity contribution in [3.63, 3.8) is 0 Å². The molecule has 0 spiro atoms. The predicted octanol–water partition coefficient (Wildman–Crippen LogP) is 1.64. The number of carbonyl (C=O) groups is 1. The molecular weight excluding hydrogens is 264 g/mol. The summed E-state index contributed by atoms with van der Waals surface area (Å²) in [6.07, 6.45) is 0.803. The highest BCUT2D eigenvalue weighted by molar-refractivity contribution is 6.31. The van der Waals surface area contributed by atoms with E-state index in [4.69, 9.17) is 11.6 Å². The van der Waals surface area contributed by atoms with E-state index in [0.29, 0.717) is 11.6 Å². The fraction of sp³-hybridized carbons (Fsp3) is 0.692. The molecule has 0 saturated heterocycles. The molecule has 108 valence electrons. The maximum absolute atomic E-state index is 11.7. The van der Waals surface area contributed by atoms with Crippen molar-refractivity contribution in [2.45, 2.75) is 46.2 Å². The van der Waals surface area contributed by atoms with Gasteiger partial charge in [-0.25, -0.2) is 0 Å². The van der Waals surface area contributed by atoms with E-state index < -0.39 is 0 Å². The first-order valence-corrected chi connectivity index (χ1v) is 6.84. The van der Waals surface area contributed by atoms with E-state index in [1.54, 1.807) is 4.68 Å². The third kappa shape index (κ3) is 4.84. The highest BCUT2D eigenvalue weighted by Crippen LogP contribution is 2.20. The molecule has 0 aliphatic rings. The molecule has 1 amide bonds. The smallest absolute Gasteiger partial charge is 0.234 e. The van der Waals surface area contributed by atoms with Crippen LogP contribution in [0.4, 0.5) is 0 Å². The van der Waals surface area contributed by atoms with Gasteiger partial charge < -0.3 is 10.6 Å². The minimum Gasteiger partial charge on any atom is -0.350 e. The summed E-state index contributed by atoms with van der Waals surface area (Å²) in [6, 6.07) is 0. The van der Waals surface area contributed by atoms with Crippen LogP contribution in [0.2, 0.25) is 5.02 Å². The molecule has 0 aliphatic carbocycles. The average Bonchev–Trinajstić information content (AvgIpc) is 2.53. The molecule has 1 aromatic rings. The third-order valence-electron chi connectivity index (χ3n) is 2.60. The van der Waals surface area contributed by atoms with Crippen molar-refractivity contribution in [3.8, 4) is 0 Å². The summed E-state index contributed by atoms with van der Waals surface area (Å²) in [5, 5.41) is 11.0. The van der Waals surface area contributed by atoms with E-state index in [0.717, 1.165) is 17.8 Å². The first-order valence-electron chi connectivity index (χ1n) is 6.46. The lowest BCUT2D eigenvalue weighted by Crippen LogP contribution is -2.44. The normalized spacial score (nSPS) is 11.7. The van der Waals surface area contributed by atoms with Gasteiger partial charge in [0.15, 0.2) is 0 Å². The lowest BCUT2D eigenvalue weighted by molar-refractivity contribution is -0.121. The van der Waals surface area contributed by atoms with Crippen LogP contribution < -0.4 is 10.6 Å². The summed E-state index contributed by atoms with van der Waals surface area (Å²) in [5.74, 6) is -0.0264. The van der Waals surface area contributed by atoms with Gasteiger partial charge in [-0.2, -0.15) is 5.10 Å². The fourth-order valence-electron chi connectivity index (χ4n) is 1.77. The van der Waals surface area contributed by atoms with Gasteiger partial charge in [0, 0.05) is 19.1 Å². The van der Waals surface area contributed by atoms with Gasteiger partial charge >= 0.3 is 0 Å². The van der Waals surface area contributed by atoms with E-state index in [-0.39, 0.29) is 18.0 Å². The topological polar surface area (TPSA) is 59.0 Å². The molecule has 0 atom stereocenters. The number of hydrogen-bond acceptors (Lipinski definition) is 3. The Labute approximate surface area is 119 Å². The number of hydrogen-bond donors (Lipinski definition) is 2. The molecule has 0 bridgehead atoms. The van der Waals surface area contributed by atoms with Crippen LogP contribution in [0.25, 0.3) is 0 Å². The highest BCUT2D eigenvalue weighted by atomic mass is 35.5. The Kier molecular flexibility index (Phi) is 5.38.